The molecule has 0 N–H and O–H groups in total. The molecule has 2 heterocycles. The van der Waals surface area contributed by atoms with Gasteiger partial charge in [-0.05, 0) is 92.3 Å². The number of para-hydroxylation sites is 3. The van der Waals surface area contributed by atoms with Crippen molar-refractivity contribution in [3.8, 4) is 44.5 Å². The molecule has 2 aromatic heterocycles. The monoisotopic (exact) mass is 829 g/mol. The van der Waals surface area contributed by atoms with Gasteiger partial charge in [0, 0.05) is 60.9 Å². The zero-order valence-corrected chi connectivity index (χ0v) is 35.3. The Morgan fingerprint density at radius 1 is 0.246 bits per heavy atom. The Morgan fingerprint density at radius 3 is 1.05 bits per heavy atom. The Hall–Kier alpha value is -8.66. The van der Waals surface area contributed by atoms with Gasteiger partial charge in [-0.25, -0.2) is 0 Å². The highest BCUT2D eigenvalue weighted by Crippen LogP contribution is 2.46. The van der Waals surface area contributed by atoms with Crippen LogP contribution in [-0.2, 0) is 0 Å². The average molecular weight is 830 g/mol. The van der Waals surface area contributed by atoms with Gasteiger partial charge in [0.1, 0.15) is 22.3 Å². The van der Waals surface area contributed by atoms with Crippen LogP contribution in [0.25, 0.3) is 110 Å². The van der Waals surface area contributed by atoms with E-state index >= 15 is 0 Å². The number of hydrogen-bond donors (Lipinski definition) is 0. The van der Waals surface area contributed by atoms with Crippen molar-refractivity contribution in [2.75, 3.05) is 4.90 Å². The zero-order chi connectivity index (χ0) is 42.8. The molecule has 3 heteroatoms. The first-order chi connectivity index (χ1) is 32.2. The molecule has 0 amide bonds. The van der Waals surface area contributed by atoms with Crippen LogP contribution in [0.3, 0.4) is 0 Å². The quantitative estimate of drug-likeness (QED) is 0.160. The summed E-state index contributed by atoms with van der Waals surface area (Å²) in [5.41, 5.74) is 15.6. The summed E-state index contributed by atoms with van der Waals surface area (Å²) in [7, 11) is 0. The predicted octanol–water partition coefficient (Wildman–Crippen LogP) is 17.9. The third-order valence-corrected chi connectivity index (χ3v) is 13.0. The lowest BCUT2D eigenvalue weighted by molar-refractivity contribution is 0.671. The van der Waals surface area contributed by atoms with Gasteiger partial charge in [0.05, 0.1) is 0 Å². The van der Waals surface area contributed by atoms with Gasteiger partial charge in [-0.15, -0.1) is 0 Å². The Labute approximate surface area is 375 Å². The SMILES string of the molecule is c1ccc(-c2cc3ccccc3c3c2oc2c(-c4ccc(N(c5ccccc5)c5ccc(-c6cccc7c6oc6c(-c8ccccc8)cc8ccccc8c67)cc5)cc4)cccc23)cc1. The molecule has 0 aliphatic carbocycles. The first-order valence-corrected chi connectivity index (χ1v) is 22.2. The molecular weight excluding hydrogens is 791 g/mol. The Kier molecular flexibility index (Phi) is 8.53. The molecule has 0 aliphatic rings. The van der Waals surface area contributed by atoms with E-state index in [0.29, 0.717) is 0 Å². The maximum absolute atomic E-state index is 6.97. The maximum atomic E-state index is 6.97. The lowest BCUT2D eigenvalue weighted by Crippen LogP contribution is -2.09. The van der Waals surface area contributed by atoms with Crippen LogP contribution in [0.1, 0.15) is 0 Å². The Balaban J connectivity index is 0.901. The summed E-state index contributed by atoms with van der Waals surface area (Å²) in [5.74, 6) is 0. The molecule has 0 aliphatic heterocycles. The summed E-state index contributed by atoms with van der Waals surface area (Å²) < 4.78 is 13.9. The van der Waals surface area contributed by atoms with Crippen LogP contribution < -0.4 is 4.90 Å². The summed E-state index contributed by atoms with van der Waals surface area (Å²) in [6, 6.07) is 84.2. The highest BCUT2D eigenvalue weighted by molar-refractivity contribution is 6.25. The number of anilines is 3. The molecule has 0 unspecified atom stereocenters. The van der Waals surface area contributed by atoms with Crippen LogP contribution in [0.5, 0.6) is 0 Å². The van der Waals surface area contributed by atoms with E-state index in [4.69, 9.17) is 8.83 Å². The largest absolute Gasteiger partial charge is 0.455 e. The van der Waals surface area contributed by atoms with Gasteiger partial charge in [-0.1, -0.05) is 188 Å². The van der Waals surface area contributed by atoms with E-state index < -0.39 is 0 Å². The summed E-state index contributed by atoms with van der Waals surface area (Å²) in [6.45, 7) is 0. The van der Waals surface area contributed by atoms with Crippen molar-refractivity contribution in [1.82, 2.24) is 0 Å². The normalized spacial score (nSPS) is 11.7. The third-order valence-electron chi connectivity index (χ3n) is 13.0. The van der Waals surface area contributed by atoms with Crippen molar-refractivity contribution in [2.24, 2.45) is 0 Å². The fourth-order valence-corrected chi connectivity index (χ4v) is 10.0. The highest BCUT2D eigenvalue weighted by Gasteiger charge is 2.21. The molecule has 13 rings (SSSR count). The fraction of sp³-hybridized carbons (Fsp3) is 0. The van der Waals surface area contributed by atoms with Crippen molar-refractivity contribution in [2.45, 2.75) is 0 Å². The maximum Gasteiger partial charge on any atom is 0.143 e. The molecule has 304 valence electrons. The van der Waals surface area contributed by atoms with Crippen LogP contribution in [-0.4, -0.2) is 0 Å². The molecular formula is C62H39NO2. The summed E-state index contributed by atoms with van der Waals surface area (Å²) in [4.78, 5) is 2.31. The summed E-state index contributed by atoms with van der Waals surface area (Å²) in [6.07, 6.45) is 0. The molecule has 3 nitrogen and oxygen atoms in total. The molecule has 0 fully saturated rings. The molecule has 0 radical (unpaired) electrons. The fourth-order valence-electron chi connectivity index (χ4n) is 10.0. The second-order valence-corrected chi connectivity index (χ2v) is 16.8. The average Bonchev–Trinajstić information content (AvgIpc) is 3.98. The second-order valence-electron chi connectivity index (χ2n) is 16.8. The van der Waals surface area contributed by atoms with Crippen molar-refractivity contribution >= 4 is 82.5 Å². The molecule has 0 saturated carbocycles. The number of hydrogen-bond acceptors (Lipinski definition) is 3. The predicted molar refractivity (Wildman–Crippen MR) is 272 cm³/mol. The van der Waals surface area contributed by atoms with Gasteiger partial charge in [-0.3, -0.25) is 0 Å². The first kappa shape index (κ1) is 36.9. The zero-order valence-electron chi connectivity index (χ0n) is 35.3. The van der Waals surface area contributed by atoms with E-state index in [1.165, 1.54) is 21.5 Å². The van der Waals surface area contributed by atoms with Crippen LogP contribution in [0, 0.1) is 0 Å². The van der Waals surface area contributed by atoms with E-state index in [9.17, 15) is 0 Å². The Bertz CT molecular complexity index is 3670. The van der Waals surface area contributed by atoms with Gasteiger partial charge < -0.3 is 13.7 Å². The number of benzene rings is 11. The van der Waals surface area contributed by atoms with Gasteiger partial charge in [-0.2, -0.15) is 0 Å². The lowest BCUT2D eigenvalue weighted by Gasteiger charge is -2.26. The molecule has 0 spiro atoms. The number of furan rings is 2. The van der Waals surface area contributed by atoms with Gasteiger partial charge in [0.25, 0.3) is 0 Å². The van der Waals surface area contributed by atoms with Crippen molar-refractivity contribution in [1.29, 1.82) is 0 Å². The minimum atomic E-state index is 0.892. The number of fused-ring (bicyclic) bond motifs is 10. The Morgan fingerprint density at radius 2 is 0.600 bits per heavy atom. The van der Waals surface area contributed by atoms with Crippen LogP contribution >= 0.6 is 0 Å². The molecule has 0 saturated heterocycles. The highest BCUT2D eigenvalue weighted by atomic mass is 16.3. The summed E-state index contributed by atoms with van der Waals surface area (Å²) >= 11 is 0. The van der Waals surface area contributed by atoms with Crippen LogP contribution in [0.4, 0.5) is 17.1 Å². The van der Waals surface area contributed by atoms with Gasteiger partial charge in [0.15, 0.2) is 0 Å². The molecule has 0 bridgehead atoms. The number of nitrogens with zero attached hydrogens (tertiary/aromatic N) is 1. The summed E-state index contributed by atoms with van der Waals surface area (Å²) in [5, 5.41) is 9.31. The lowest BCUT2D eigenvalue weighted by atomic mass is 9.95. The van der Waals surface area contributed by atoms with Gasteiger partial charge >= 0.3 is 0 Å². The van der Waals surface area contributed by atoms with Gasteiger partial charge in [0.2, 0.25) is 0 Å². The second kappa shape index (κ2) is 15.0. The van der Waals surface area contributed by atoms with Crippen molar-refractivity contribution in [3.05, 3.63) is 237 Å². The standard InChI is InChI=1S/C62H39NO2/c1-4-16-40(17-5-1)55-38-44-20-10-12-24-49(44)57-53-28-14-26-51(59(53)64-61(55)57)42-30-34-47(35-31-42)63(46-22-8-3-9-23-46)48-36-32-43(33-37-48)52-27-15-29-54-58-50-25-13-11-21-45(50)39-56(62(58)65-60(52)54)41-18-6-2-7-19-41/h1-39H. The minimum absolute atomic E-state index is 0.892. The molecule has 13 aromatic rings. The third kappa shape index (κ3) is 6.05. The minimum Gasteiger partial charge on any atom is -0.455 e. The number of rotatable bonds is 7. The smallest absolute Gasteiger partial charge is 0.143 e. The first-order valence-electron chi connectivity index (χ1n) is 22.2. The van der Waals surface area contributed by atoms with E-state index in [0.717, 1.165) is 105 Å². The molecule has 11 aromatic carbocycles. The van der Waals surface area contributed by atoms with Crippen LogP contribution in [0.15, 0.2) is 245 Å². The van der Waals surface area contributed by atoms with E-state index in [1.54, 1.807) is 0 Å². The molecule has 0 atom stereocenters. The van der Waals surface area contributed by atoms with Crippen molar-refractivity contribution in [3.63, 3.8) is 0 Å². The van der Waals surface area contributed by atoms with Crippen molar-refractivity contribution < 1.29 is 8.83 Å². The van der Waals surface area contributed by atoms with E-state index in [1.807, 2.05) is 0 Å². The van der Waals surface area contributed by atoms with Crippen LogP contribution in [0.2, 0.25) is 0 Å². The topological polar surface area (TPSA) is 29.5 Å². The molecule has 65 heavy (non-hydrogen) atoms. The van der Waals surface area contributed by atoms with E-state index in [-0.39, 0.29) is 0 Å². The van der Waals surface area contributed by atoms with E-state index in [2.05, 4.69) is 241 Å².